The summed E-state index contributed by atoms with van der Waals surface area (Å²) in [4.78, 5) is 16.0. The fraction of sp³-hybridized carbons (Fsp3) is 0.281. The van der Waals surface area contributed by atoms with E-state index in [1.165, 1.54) is 0 Å². The van der Waals surface area contributed by atoms with Gasteiger partial charge in [-0.05, 0) is 22.8 Å². The van der Waals surface area contributed by atoms with E-state index in [1.54, 1.807) is 12.0 Å². The van der Waals surface area contributed by atoms with Crippen LogP contribution in [0.4, 0.5) is 0 Å². The second-order valence-corrected chi connectivity index (χ2v) is 9.64. The lowest BCUT2D eigenvalue weighted by Gasteiger charge is -2.50. The summed E-state index contributed by atoms with van der Waals surface area (Å²) in [5.41, 5.74) is 10.7. The Kier molecular flexibility index (Phi) is 9.26. The van der Waals surface area contributed by atoms with E-state index in [0.29, 0.717) is 44.5 Å². The molecule has 3 aromatic rings. The summed E-state index contributed by atoms with van der Waals surface area (Å²) in [5.74, 6) is 0.320. The number of hydrogen-bond donors (Lipinski definition) is 1. The Bertz CT molecular complexity index is 1280. The maximum Gasteiger partial charge on any atom is 0.276 e. The summed E-state index contributed by atoms with van der Waals surface area (Å²) in [7, 11) is 1.64. The van der Waals surface area contributed by atoms with E-state index in [0.717, 1.165) is 22.4 Å². The van der Waals surface area contributed by atoms with Gasteiger partial charge in [0.25, 0.3) is 5.91 Å². The van der Waals surface area contributed by atoms with Crippen LogP contribution in [0.5, 0.6) is 0 Å². The van der Waals surface area contributed by atoms with Gasteiger partial charge in [0.2, 0.25) is 0 Å². The van der Waals surface area contributed by atoms with Crippen molar-refractivity contribution >= 4 is 5.91 Å². The number of carbonyl (C=O) groups is 1. The number of ether oxygens (including phenoxy) is 3. The zero-order valence-electron chi connectivity index (χ0n) is 22.8. The number of methoxy groups -OCH3 is 1. The van der Waals surface area contributed by atoms with Crippen LogP contribution in [-0.4, -0.2) is 67.5 Å². The van der Waals surface area contributed by atoms with Gasteiger partial charge in [-0.25, -0.2) is 0 Å². The summed E-state index contributed by atoms with van der Waals surface area (Å²) in [6.07, 6.45) is 1.95. The molecule has 1 saturated heterocycles. The molecule has 2 aliphatic rings. The van der Waals surface area contributed by atoms with Crippen LogP contribution >= 0.6 is 0 Å². The molecule has 0 atom stereocenters. The number of carbonyl (C=O) groups excluding carboxylic acids is 1. The molecule has 0 aliphatic carbocycles. The van der Waals surface area contributed by atoms with Crippen molar-refractivity contribution in [3.8, 4) is 0 Å². The number of nitrogens with zero attached hydrogens (tertiary/aromatic N) is 3. The van der Waals surface area contributed by atoms with Gasteiger partial charge in [0, 0.05) is 25.9 Å². The lowest BCUT2D eigenvalue weighted by Crippen LogP contribution is -2.60. The minimum absolute atomic E-state index is 0.152. The van der Waals surface area contributed by atoms with Crippen molar-refractivity contribution in [1.82, 2.24) is 14.9 Å². The molecule has 5 rings (SSSR count). The Morgan fingerprint density at radius 2 is 1.55 bits per heavy atom. The van der Waals surface area contributed by atoms with Gasteiger partial charge < -0.3 is 24.8 Å². The first kappa shape index (κ1) is 27.6. The molecule has 0 saturated carbocycles. The molecule has 0 unspecified atom stereocenters. The average molecular weight is 541 g/mol. The lowest BCUT2D eigenvalue weighted by atomic mass is 9.97. The number of hydrogen-bond acceptors (Lipinski definition) is 7. The van der Waals surface area contributed by atoms with Crippen molar-refractivity contribution in [3.05, 3.63) is 131 Å². The molecule has 2 N–H and O–H groups in total. The fourth-order valence-electron chi connectivity index (χ4n) is 5.08. The Morgan fingerprint density at radius 1 is 0.925 bits per heavy atom. The van der Waals surface area contributed by atoms with Gasteiger partial charge in [-0.2, -0.15) is 5.01 Å². The van der Waals surface area contributed by atoms with E-state index in [9.17, 15) is 4.79 Å². The number of fused-ring (bicyclic) bond motifs is 1. The molecule has 0 aromatic heterocycles. The van der Waals surface area contributed by atoms with Gasteiger partial charge in [0.1, 0.15) is 13.2 Å². The van der Waals surface area contributed by atoms with Crippen LogP contribution in [-0.2, 0) is 25.6 Å². The molecule has 2 heterocycles. The SMILES string of the molecule is COCCN1CN(C(c2ccccc2)c2ccccc2)N2C(=C(OCc3ccccc3)COC/C=C\2CN)C1=O. The van der Waals surface area contributed by atoms with Gasteiger partial charge >= 0.3 is 0 Å². The van der Waals surface area contributed by atoms with E-state index in [-0.39, 0.29) is 25.1 Å². The van der Waals surface area contributed by atoms with Crippen LogP contribution in [0.1, 0.15) is 22.7 Å². The van der Waals surface area contributed by atoms with Crippen molar-refractivity contribution in [2.75, 3.05) is 46.7 Å². The molecular formula is C32H36N4O4. The largest absolute Gasteiger partial charge is 0.488 e. The Morgan fingerprint density at radius 3 is 2.15 bits per heavy atom. The van der Waals surface area contributed by atoms with Crippen LogP contribution < -0.4 is 5.73 Å². The summed E-state index contributed by atoms with van der Waals surface area (Å²) < 4.78 is 17.7. The van der Waals surface area contributed by atoms with Crippen LogP contribution in [0.15, 0.2) is 114 Å². The minimum Gasteiger partial charge on any atom is -0.488 e. The second-order valence-electron chi connectivity index (χ2n) is 9.64. The van der Waals surface area contributed by atoms with E-state index in [1.807, 2.05) is 77.8 Å². The highest BCUT2D eigenvalue weighted by molar-refractivity contribution is 5.94. The van der Waals surface area contributed by atoms with Gasteiger partial charge in [0.15, 0.2) is 11.5 Å². The fourth-order valence-corrected chi connectivity index (χ4v) is 5.08. The first-order valence-electron chi connectivity index (χ1n) is 13.5. The molecule has 1 amide bonds. The molecule has 8 heteroatoms. The first-order chi connectivity index (χ1) is 19.7. The van der Waals surface area contributed by atoms with Gasteiger partial charge in [-0.15, -0.1) is 0 Å². The predicted molar refractivity (Wildman–Crippen MR) is 153 cm³/mol. The highest BCUT2D eigenvalue weighted by atomic mass is 16.5. The monoisotopic (exact) mass is 540 g/mol. The van der Waals surface area contributed by atoms with E-state index in [2.05, 4.69) is 29.3 Å². The number of nitrogens with two attached hydrogens (primary N) is 1. The molecule has 0 radical (unpaired) electrons. The molecule has 208 valence electrons. The zero-order valence-corrected chi connectivity index (χ0v) is 22.8. The van der Waals surface area contributed by atoms with Crippen molar-refractivity contribution in [2.24, 2.45) is 5.73 Å². The van der Waals surface area contributed by atoms with E-state index < -0.39 is 0 Å². The third kappa shape index (κ3) is 6.11. The summed E-state index contributed by atoms with van der Waals surface area (Å²) in [6.45, 7) is 2.21. The topological polar surface area (TPSA) is 80.5 Å². The lowest BCUT2D eigenvalue weighted by molar-refractivity contribution is -0.152. The van der Waals surface area contributed by atoms with Gasteiger partial charge in [-0.1, -0.05) is 91.0 Å². The van der Waals surface area contributed by atoms with Crippen molar-refractivity contribution in [3.63, 3.8) is 0 Å². The quantitative estimate of drug-likeness (QED) is 0.416. The third-order valence-electron chi connectivity index (χ3n) is 7.04. The number of rotatable bonds is 10. The molecule has 40 heavy (non-hydrogen) atoms. The van der Waals surface area contributed by atoms with Crippen LogP contribution in [0.3, 0.4) is 0 Å². The van der Waals surface area contributed by atoms with Crippen molar-refractivity contribution in [2.45, 2.75) is 12.6 Å². The molecule has 8 nitrogen and oxygen atoms in total. The molecule has 1 fully saturated rings. The normalized spacial score (nSPS) is 17.8. The molecule has 3 aromatic carbocycles. The summed E-state index contributed by atoms with van der Waals surface area (Å²) in [5, 5.41) is 4.17. The molecule has 0 bridgehead atoms. The van der Waals surface area contributed by atoms with Crippen molar-refractivity contribution < 1.29 is 19.0 Å². The number of hydrazine groups is 1. The number of amides is 1. The van der Waals surface area contributed by atoms with E-state index in [4.69, 9.17) is 19.9 Å². The maximum absolute atomic E-state index is 14.2. The Labute approximate surface area is 235 Å². The smallest absolute Gasteiger partial charge is 0.276 e. The maximum atomic E-state index is 14.2. The first-order valence-corrected chi connectivity index (χ1v) is 13.5. The van der Waals surface area contributed by atoms with Gasteiger partial charge in [-0.3, -0.25) is 9.80 Å². The van der Waals surface area contributed by atoms with Crippen LogP contribution in [0, 0.1) is 0 Å². The molecule has 0 spiro atoms. The highest BCUT2D eigenvalue weighted by Crippen LogP contribution is 2.38. The number of benzene rings is 3. The van der Waals surface area contributed by atoms with Crippen molar-refractivity contribution in [1.29, 1.82) is 0 Å². The molecular weight excluding hydrogens is 504 g/mol. The Hall–Kier alpha value is -3.95. The molecule has 2 aliphatic heterocycles. The minimum atomic E-state index is -0.207. The van der Waals surface area contributed by atoms with Crippen LogP contribution in [0.2, 0.25) is 0 Å². The van der Waals surface area contributed by atoms with E-state index >= 15 is 0 Å². The third-order valence-corrected chi connectivity index (χ3v) is 7.04. The average Bonchev–Trinajstić information content (AvgIpc) is 2.99. The summed E-state index contributed by atoms with van der Waals surface area (Å²) in [6, 6.07) is 30.3. The van der Waals surface area contributed by atoms with Crippen LogP contribution in [0.25, 0.3) is 0 Å². The standard InChI is InChI=1S/C32H36N4O4/c1-38-20-18-34-24-35(30(26-13-7-3-8-14-26)27-15-9-4-10-16-27)36-28(21-33)17-19-39-23-29(31(36)32(34)37)40-22-25-11-5-2-6-12-25/h2-17,30H,18-24,33H2,1H3/b28-17-,31-29?. The highest BCUT2D eigenvalue weighted by Gasteiger charge is 2.43. The zero-order chi connectivity index (χ0) is 27.7. The second kappa shape index (κ2) is 13.4. The Balaban J connectivity index is 1.66. The summed E-state index contributed by atoms with van der Waals surface area (Å²) >= 11 is 0. The van der Waals surface area contributed by atoms with Gasteiger partial charge in [0.05, 0.1) is 25.9 Å². The predicted octanol–water partition coefficient (Wildman–Crippen LogP) is 4.04.